The fraction of sp³-hybridized carbons (Fsp3) is 1.00. The Morgan fingerprint density at radius 1 is 1.80 bits per heavy atom. The van der Waals surface area contributed by atoms with E-state index in [1.807, 2.05) is 0 Å². The number of thioether (sulfide) groups is 1. The van der Waals surface area contributed by atoms with Crippen LogP contribution in [0.4, 0.5) is 0 Å². The van der Waals surface area contributed by atoms with Gasteiger partial charge in [0.25, 0.3) is 0 Å². The van der Waals surface area contributed by atoms with Crippen LogP contribution >= 0.6 is 11.8 Å². The van der Waals surface area contributed by atoms with Crippen LogP contribution in [0.1, 0.15) is 6.92 Å². The minimum Gasteiger partial charge on any atom is -0.392 e. The van der Waals surface area contributed by atoms with Crippen molar-refractivity contribution in [3.05, 3.63) is 0 Å². The van der Waals surface area contributed by atoms with Crippen molar-refractivity contribution in [2.75, 3.05) is 12.3 Å². The van der Waals surface area contributed by atoms with E-state index in [0.717, 1.165) is 12.3 Å². The average molecular weight is 162 g/mol. The molecule has 1 aliphatic rings. The van der Waals surface area contributed by atoms with Crippen LogP contribution in [0.2, 0.25) is 0 Å². The number of rotatable bonds is 2. The highest BCUT2D eigenvalue weighted by molar-refractivity contribution is 8.00. The van der Waals surface area contributed by atoms with Crippen molar-refractivity contribution in [2.45, 2.75) is 24.4 Å². The van der Waals surface area contributed by atoms with Crippen molar-refractivity contribution in [1.82, 2.24) is 5.32 Å². The lowest BCUT2D eigenvalue weighted by Gasteiger charge is -2.20. The van der Waals surface area contributed by atoms with E-state index in [1.165, 1.54) is 0 Å². The fourth-order valence-corrected chi connectivity index (χ4v) is 2.12. The van der Waals surface area contributed by atoms with Gasteiger partial charge < -0.3 is 16.2 Å². The standard InChI is InChI=1S/C6H14N2OS/c1-4(9)5(7)6-8-2-3-10-6/h4-6,8-9H,2-3,7H2,1H3/t4-,5+,6?/m1/s1. The second kappa shape index (κ2) is 3.57. The summed E-state index contributed by atoms with van der Waals surface area (Å²) in [6, 6.07) is -0.132. The SMILES string of the molecule is C[C@@H](O)[C@H](N)C1NCCS1. The van der Waals surface area contributed by atoms with Gasteiger partial charge in [0.15, 0.2) is 0 Å². The van der Waals surface area contributed by atoms with Crippen LogP contribution in [0.15, 0.2) is 0 Å². The van der Waals surface area contributed by atoms with Crippen LogP contribution in [0, 0.1) is 0 Å². The highest BCUT2D eigenvalue weighted by Crippen LogP contribution is 2.17. The number of nitrogens with one attached hydrogen (secondary N) is 1. The molecule has 1 fully saturated rings. The Hall–Kier alpha value is 0.230. The second-order valence-electron chi connectivity index (χ2n) is 2.56. The van der Waals surface area contributed by atoms with Crippen LogP contribution in [0.3, 0.4) is 0 Å². The minimum absolute atomic E-state index is 0.132. The molecule has 10 heavy (non-hydrogen) atoms. The minimum atomic E-state index is -0.414. The molecule has 3 atom stereocenters. The highest BCUT2D eigenvalue weighted by atomic mass is 32.2. The van der Waals surface area contributed by atoms with E-state index in [9.17, 15) is 0 Å². The lowest BCUT2D eigenvalue weighted by Crippen LogP contribution is -2.46. The van der Waals surface area contributed by atoms with E-state index in [-0.39, 0.29) is 11.4 Å². The molecule has 0 aliphatic carbocycles. The summed E-state index contributed by atoms with van der Waals surface area (Å²) in [5, 5.41) is 12.6. The van der Waals surface area contributed by atoms with Crippen LogP contribution < -0.4 is 11.1 Å². The second-order valence-corrected chi connectivity index (χ2v) is 3.81. The van der Waals surface area contributed by atoms with Gasteiger partial charge >= 0.3 is 0 Å². The topological polar surface area (TPSA) is 58.3 Å². The lowest BCUT2D eigenvalue weighted by atomic mass is 10.2. The van der Waals surface area contributed by atoms with E-state index in [4.69, 9.17) is 10.8 Å². The third-order valence-corrected chi connectivity index (χ3v) is 2.93. The van der Waals surface area contributed by atoms with Crippen molar-refractivity contribution in [3.63, 3.8) is 0 Å². The van der Waals surface area contributed by atoms with Gasteiger partial charge in [-0.3, -0.25) is 0 Å². The molecular formula is C6H14N2OS. The zero-order valence-electron chi connectivity index (χ0n) is 6.08. The van der Waals surface area contributed by atoms with Crippen molar-refractivity contribution < 1.29 is 5.11 Å². The van der Waals surface area contributed by atoms with Crippen molar-refractivity contribution in [2.24, 2.45) is 5.73 Å². The first-order valence-electron chi connectivity index (χ1n) is 3.50. The monoisotopic (exact) mass is 162 g/mol. The van der Waals surface area contributed by atoms with E-state index in [0.29, 0.717) is 0 Å². The van der Waals surface area contributed by atoms with E-state index in [2.05, 4.69) is 5.32 Å². The molecule has 0 aromatic carbocycles. The number of nitrogens with two attached hydrogens (primary N) is 1. The molecule has 0 amide bonds. The molecule has 1 saturated heterocycles. The normalized spacial score (nSPS) is 32.1. The van der Waals surface area contributed by atoms with Gasteiger partial charge in [-0.15, -0.1) is 11.8 Å². The third kappa shape index (κ3) is 1.85. The van der Waals surface area contributed by atoms with Gasteiger partial charge in [0.2, 0.25) is 0 Å². The molecule has 0 aromatic heterocycles. The molecule has 0 aromatic rings. The Kier molecular flexibility index (Phi) is 2.97. The fourth-order valence-electron chi connectivity index (χ4n) is 0.946. The molecule has 1 aliphatic heterocycles. The van der Waals surface area contributed by atoms with Crippen LogP contribution in [-0.4, -0.2) is 34.9 Å². The number of aliphatic hydroxyl groups is 1. The van der Waals surface area contributed by atoms with Crippen molar-refractivity contribution >= 4 is 11.8 Å². The molecular weight excluding hydrogens is 148 g/mol. The zero-order chi connectivity index (χ0) is 7.56. The molecule has 4 heteroatoms. The van der Waals surface area contributed by atoms with Crippen LogP contribution in [0.25, 0.3) is 0 Å². The number of hydrogen-bond donors (Lipinski definition) is 3. The largest absolute Gasteiger partial charge is 0.392 e. The molecule has 0 radical (unpaired) electrons. The van der Waals surface area contributed by atoms with Gasteiger partial charge in [-0.2, -0.15) is 0 Å². The summed E-state index contributed by atoms with van der Waals surface area (Å²) >= 11 is 1.78. The summed E-state index contributed by atoms with van der Waals surface area (Å²) in [6.07, 6.45) is -0.414. The predicted octanol–water partition coefficient (Wildman–Crippen LogP) is -0.643. The van der Waals surface area contributed by atoms with Crippen molar-refractivity contribution in [1.29, 1.82) is 0 Å². The molecule has 60 valence electrons. The van der Waals surface area contributed by atoms with Gasteiger partial charge in [-0.25, -0.2) is 0 Å². The van der Waals surface area contributed by atoms with Gasteiger partial charge in [-0.05, 0) is 6.92 Å². The first-order chi connectivity index (χ1) is 4.72. The van der Waals surface area contributed by atoms with Crippen LogP contribution in [-0.2, 0) is 0 Å². The third-order valence-electron chi connectivity index (χ3n) is 1.65. The zero-order valence-corrected chi connectivity index (χ0v) is 6.90. The number of hydrogen-bond acceptors (Lipinski definition) is 4. The first-order valence-corrected chi connectivity index (χ1v) is 4.55. The Bertz CT molecular complexity index is 104. The van der Waals surface area contributed by atoms with Gasteiger partial charge in [0, 0.05) is 12.3 Å². The van der Waals surface area contributed by atoms with Crippen LogP contribution in [0.5, 0.6) is 0 Å². The Labute approximate surface area is 65.4 Å². The average Bonchev–Trinajstić information content (AvgIpc) is 2.36. The summed E-state index contributed by atoms with van der Waals surface area (Å²) in [6.45, 7) is 2.74. The Morgan fingerprint density at radius 2 is 2.50 bits per heavy atom. The van der Waals surface area contributed by atoms with E-state index < -0.39 is 6.10 Å². The molecule has 0 saturated carbocycles. The molecule has 1 rings (SSSR count). The number of aliphatic hydroxyl groups excluding tert-OH is 1. The molecule has 4 N–H and O–H groups in total. The Balaban J connectivity index is 2.32. The highest BCUT2D eigenvalue weighted by Gasteiger charge is 2.24. The summed E-state index contributed by atoms with van der Waals surface area (Å²) in [4.78, 5) is 0. The smallest absolute Gasteiger partial charge is 0.0711 e. The predicted molar refractivity (Wildman–Crippen MR) is 43.9 cm³/mol. The maximum Gasteiger partial charge on any atom is 0.0711 e. The molecule has 1 unspecified atom stereocenters. The molecule has 1 heterocycles. The summed E-state index contributed by atoms with van der Waals surface area (Å²) in [7, 11) is 0. The van der Waals surface area contributed by atoms with Gasteiger partial charge in [0.05, 0.1) is 17.5 Å². The Morgan fingerprint density at radius 3 is 2.90 bits per heavy atom. The van der Waals surface area contributed by atoms with E-state index >= 15 is 0 Å². The van der Waals surface area contributed by atoms with Crippen molar-refractivity contribution in [3.8, 4) is 0 Å². The molecule has 3 nitrogen and oxygen atoms in total. The molecule has 0 spiro atoms. The maximum atomic E-state index is 9.10. The summed E-state index contributed by atoms with van der Waals surface area (Å²) in [5.41, 5.74) is 5.69. The molecule has 0 bridgehead atoms. The summed E-state index contributed by atoms with van der Waals surface area (Å²) in [5.74, 6) is 1.10. The summed E-state index contributed by atoms with van der Waals surface area (Å²) < 4.78 is 0. The van der Waals surface area contributed by atoms with Gasteiger partial charge in [0.1, 0.15) is 0 Å². The first kappa shape index (κ1) is 8.33. The quantitative estimate of drug-likeness (QED) is 0.505. The van der Waals surface area contributed by atoms with E-state index in [1.54, 1.807) is 18.7 Å². The lowest BCUT2D eigenvalue weighted by molar-refractivity contribution is 0.158. The van der Waals surface area contributed by atoms with Gasteiger partial charge in [-0.1, -0.05) is 0 Å². The maximum absolute atomic E-state index is 9.10.